The molecule has 3 nitrogen and oxygen atoms in total. The van der Waals surface area contributed by atoms with Gasteiger partial charge in [-0.1, -0.05) is 0 Å². The first-order valence-electron chi connectivity index (χ1n) is 3.15. The van der Waals surface area contributed by atoms with Crippen LogP contribution in [0.5, 0.6) is 0 Å². The molecule has 3 heteroatoms. The molecule has 0 spiro atoms. The summed E-state index contributed by atoms with van der Waals surface area (Å²) in [7, 11) is 0. The van der Waals surface area contributed by atoms with Crippen LogP contribution in [0.25, 0.3) is 0 Å². The molecule has 10 heavy (non-hydrogen) atoms. The normalized spacial score (nSPS) is 17.6. The lowest BCUT2D eigenvalue weighted by Gasteiger charge is -1.83. The standard InChI is InChI=1S/C7H8O3/c8-6(5-1-2-5)3-4-7(9)10/h3-5H,1-2H2,(H,9,10)/b4-3-. The second kappa shape index (κ2) is 2.64. The maximum atomic E-state index is 10.8. The summed E-state index contributed by atoms with van der Waals surface area (Å²) in [5, 5.41) is 8.13. The zero-order chi connectivity index (χ0) is 7.56. The second-order valence-corrected chi connectivity index (χ2v) is 2.35. The van der Waals surface area contributed by atoms with Crippen LogP contribution in [-0.2, 0) is 9.59 Å². The number of hydrogen-bond donors (Lipinski definition) is 1. The predicted octanol–water partition coefficient (Wildman–Crippen LogP) is 0.606. The number of carboxylic acids is 1. The monoisotopic (exact) mass is 140 g/mol. The van der Waals surface area contributed by atoms with Gasteiger partial charge in [-0.15, -0.1) is 0 Å². The SMILES string of the molecule is O=C(O)/C=C\C(=O)C1CC1. The highest BCUT2D eigenvalue weighted by molar-refractivity contribution is 5.97. The first-order valence-corrected chi connectivity index (χ1v) is 3.15. The summed E-state index contributed by atoms with van der Waals surface area (Å²) in [5.41, 5.74) is 0. The number of carboxylic acid groups (broad SMARTS) is 1. The molecule has 0 bridgehead atoms. The van der Waals surface area contributed by atoms with Crippen LogP contribution >= 0.6 is 0 Å². The van der Waals surface area contributed by atoms with E-state index < -0.39 is 5.97 Å². The molecule has 0 atom stereocenters. The molecule has 0 aromatic rings. The van der Waals surface area contributed by atoms with E-state index in [-0.39, 0.29) is 11.7 Å². The van der Waals surface area contributed by atoms with Crippen LogP contribution < -0.4 is 0 Å². The maximum Gasteiger partial charge on any atom is 0.328 e. The third-order valence-electron chi connectivity index (χ3n) is 1.37. The summed E-state index contributed by atoms with van der Waals surface area (Å²) in [6.45, 7) is 0. The van der Waals surface area contributed by atoms with Crippen LogP contribution in [0.4, 0.5) is 0 Å². The summed E-state index contributed by atoms with van der Waals surface area (Å²) in [5.74, 6) is -0.994. The van der Waals surface area contributed by atoms with Gasteiger partial charge in [0.05, 0.1) is 0 Å². The number of allylic oxidation sites excluding steroid dienone is 1. The van der Waals surface area contributed by atoms with Crippen molar-refractivity contribution < 1.29 is 14.7 Å². The van der Waals surface area contributed by atoms with Crippen LogP contribution in [0.2, 0.25) is 0 Å². The van der Waals surface area contributed by atoms with Crippen molar-refractivity contribution >= 4 is 11.8 Å². The van der Waals surface area contributed by atoms with E-state index in [1.165, 1.54) is 0 Å². The van der Waals surface area contributed by atoms with Crippen LogP contribution in [0.3, 0.4) is 0 Å². The largest absolute Gasteiger partial charge is 0.478 e. The Labute approximate surface area is 58.4 Å². The number of aliphatic carboxylic acids is 1. The molecule has 1 aliphatic rings. The number of ketones is 1. The summed E-state index contributed by atoms with van der Waals surface area (Å²) in [6.07, 6.45) is 3.87. The van der Waals surface area contributed by atoms with Crippen molar-refractivity contribution in [3.05, 3.63) is 12.2 Å². The van der Waals surface area contributed by atoms with E-state index in [1.54, 1.807) is 0 Å². The van der Waals surface area contributed by atoms with Crippen molar-refractivity contribution in [3.63, 3.8) is 0 Å². The maximum absolute atomic E-state index is 10.8. The molecule has 0 aromatic heterocycles. The molecule has 0 heterocycles. The average Bonchev–Trinajstić information content (AvgIpc) is 2.63. The van der Waals surface area contributed by atoms with Crippen LogP contribution in [0.15, 0.2) is 12.2 Å². The topological polar surface area (TPSA) is 54.4 Å². The van der Waals surface area contributed by atoms with Crippen molar-refractivity contribution in [1.82, 2.24) is 0 Å². The van der Waals surface area contributed by atoms with Gasteiger partial charge < -0.3 is 5.11 Å². The van der Waals surface area contributed by atoms with E-state index in [0.29, 0.717) is 0 Å². The van der Waals surface area contributed by atoms with E-state index in [9.17, 15) is 9.59 Å². The van der Waals surface area contributed by atoms with Gasteiger partial charge >= 0.3 is 5.97 Å². The highest BCUT2D eigenvalue weighted by atomic mass is 16.4. The summed E-state index contributed by atoms with van der Waals surface area (Å²) in [6, 6.07) is 0. The van der Waals surface area contributed by atoms with Gasteiger partial charge in [-0.05, 0) is 18.9 Å². The molecule has 0 saturated heterocycles. The predicted molar refractivity (Wildman–Crippen MR) is 34.5 cm³/mol. The molecule has 0 unspecified atom stereocenters. The highest BCUT2D eigenvalue weighted by Crippen LogP contribution is 2.29. The molecule has 1 N–H and O–H groups in total. The van der Waals surface area contributed by atoms with Gasteiger partial charge in [0.1, 0.15) is 0 Å². The third-order valence-corrected chi connectivity index (χ3v) is 1.37. The molecule has 1 rings (SSSR count). The Morgan fingerprint density at radius 3 is 2.30 bits per heavy atom. The van der Waals surface area contributed by atoms with Gasteiger partial charge in [0.2, 0.25) is 0 Å². The number of hydrogen-bond acceptors (Lipinski definition) is 2. The molecule has 0 radical (unpaired) electrons. The molecule has 1 aliphatic carbocycles. The van der Waals surface area contributed by atoms with Crippen molar-refractivity contribution in [2.24, 2.45) is 5.92 Å². The summed E-state index contributed by atoms with van der Waals surface area (Å²) in [4.78, 5) is 20.7. The van der Waals surface area contributed by atoms with E-state index in [2.05, 4.69) is 0 Å². The van der Waals surface area contributed by atoms with E-state index >= 15 is 0 Å². The van der Waals surface area contributed by atoms with Gasteiger partial charge in [0, 0.05) is 12.0 Å². The molecular weight excluding hydrogens is 132 g/mol. The minimum absolute atomic E-state index is 0.0533. The smallest absolute Gasteiger partial charge is 0.328 e. The van der Waals surface area contributed by atoms with Gasteiger partial charge in [0.15, 0.2) is 5.78 Å². The Kier molecular flexibility index (Phi) is 1.85. The Morgan fingerprint density at radius 2 is 1.90 bits per heavy atom. The van der Waals surface area contributed by atoms with Gasteiger partial charge in [0.25, 0.3) is 0 Å². The van der Waals surface area contributed by atoms with Crippen molar-refractivity contribution in [3.8, 4) is 0 Å². The third kappa shape index (κ3) is 2.01. The minimum Gasteiger partial charge on any atom is -0.478 e. The Morgan fingerprint density at radius 1 is 1.30 bits per heavy atom. The second-order valence-electron chi connectivity index (χ2n) is 2.35. The number of rotatable bonds is 3. The van der Waals surface area contributed by atoms with E-state index in [1.807, 2.05) is 0 Å². The van der Waals surface area contributed by atoms with Crippen molar-refractivity contribution in [1.29, 1.82) is 0 Å². The van der Waals surface area contributed by atoms with E-state index in [0.717, 1.165) is 25.0 Å². The Balaban J connectivity index is 2.36. The Bertz CT molecular complexity index is 189. The average molecular weight is 140 g/mol. The van der Waals surface area contributed by atoms with E-state index in [4.69, 9.17) is 5.11 Å². The lowest BCUT2D eigenvalue weighted by molar-refractivity contribution is -0.131. The van der Waals surface area contributed by atoms with Crippen molar-refractivity contribution in [2.75, 3.05) is 0 Å². The fourth-order valence-corrected chi connectivity index (χ4v) is 0.657. The fourth-order valence-electron chi connectivity index (χ4n) is 0.657. The lowest BCUT2D eigenvalue weighted by Crippen LogP contribution is -1.96. The molecule has 0 aliphatic heterocycles. The summed E-state index contributed by atoms with van der Waals surface area (Å²) >= 11 is 0. The van der Waals surface area contributed by atoms with Crippen molar-refractivity contribution in [2.45, 2.75) is 12.8 Å². The fraction of sp³-hybridized carbons (Fsp3) is 0.429. The molecule has 0 amide bonds. The van der Waals surface area contributed by atoms with Gasteiger partial charge in [-0.25, -0.2) is 4.79 Å². The highest BCUT2D eigenvalue weighted by Gasteiger charge is 2.27. The van der Waals surface area contributed by atoms with Crippen LogP contribution in [0.1, 0.15) is 12.8 Å². The molecule has 54 valence electrons. The zero-order valence-electron chi connectivity index (χ0n) is 5.41. The molecule has 1 fully saturated rings. The van der Waals surface area contributed by atoms with Gasteiger partial charge in [-0.2, -0.15) is 0 Å². The quantitative estimate of drug-likeness (QED) is 0.584. The minimum atomic E-state index is -1.06. The number of carbonyl (C=O) groups is 2. The molecular formula is C7H8O3. The van der Waals surface area contributed by atoms with Gasteiger partial charge in [-0.3, -0.25) is 4.79 Å². The Hall–Kier alpha value is -1.12. The van der Waals surface area contributed by atoms with Crippen LogP contribution in [0, 0.1) is 5.92 Å². The lowest BCUT2D eigenvalue weighted by atomic mass is 10.2. The number of carbonyl (C=O) groups excluding carboxylic acids is 1. The van der Waals surface area contributed by atoms with Crippen LogP contribution in [-0.4, -0.2) is 16.9 Å². The molecule has 0 aromatic carbocycles. The first kappa shape index (κ1) is 6.99. The summed E-state index contributed by atoms with van der Waals surface area (Å²) < 4.78 is 0. The zero-order valence-corrected chi connectivity index (χ0v) is 5.41. The first-order chi connectivity index (χ1) is 4.70. The molecule has 1 saturated carbocycles.